The number of carbonyl (C=O) groups excluding carboxylic acids is 2. The molecule has 0 aromatic heterocycles. The first-order valence-electron chi connectivity index (χ1n) is 9.62. The number of halogens is 2. The highest BCUT2D eigenvalue weighted by Crippen LogP contribution is 2.20. The fourth-order valence-electron chi connectivity index (χ4n) is 2.72. The van der Waals surface area contributed by atoms with E-state index >= 15 is 0 Å². The van der Waals surface area contributed by atoms with Gasteiger partial charge in [0.1, 0.15) is 5.82 Å². The second-order valence-corrected chi connectivity index (χ2v) is 8.92. The molecule has 0 saturated carbocycles. The van der Waals surface area contributed by atoms with Crippen molar-refractivity contribution in [2.24, 2.45) is 0 Å². The first-order chi connectivity index (χ1) is 15.8. The summed E-state index contributed by atoms with van der Waals surface area (Å²) in [5, 5.41) is 0.127. The predicted molar refractivity (Wildman–Crippen MR) is 123 cm³/mol. The number of hydrazine groups is 1. The van der Waals surface area contributed by atoms with E-state index in [9.17, 15) is 22.4 Å². The molecule has 0 aliphatic heterocycles. The van der Waals surface area contributed by atoms with Crippen LogP contribution >= 0.6 is 11.6 Å². The summed E-state index contributed by atoms with van der Waals surface area (Å²) in [4.78, 5) is 24.2. The zero-order valence-corrected chi connectivity index (χ0v) is 18.7. The van der Waals surface area contributed by atoms with Crippen molar-refractivity contribution in [1.82, 2.24) is 15.6 Å². The van der Waals surface area contributed by atoms with Crippen LogP contribution in [0.5, 0.6) is 0 Å². The van der Waals surface area contributed by atoms with E-state index in [0.717, 1.165) is 11.6 Å². The van der Waals surface area contributed by atoms with Crippen molar-refractivity contribution in [3.8, 4) is 0 Å². The van der Waals surface area contributed by atoms with Gasteiger partial charge < -0.3 is 0 Å². The van der Waals surface area contributed by atoms with Crippen LogP contribution in [0.25, 0.3) is 6.08 Å². The van der Waals surface area contributed by atoms with Crippen LogP contribution in [-0.4, -0.2) is 20.2 Å². The number of hydrogen-bond acceptors (Lipinski definition) is 4. The van der Waals surface area contributed by atoms with Gasteiger partial charge in [-0.3, -0.25) is 20.4 Å². The van der Waals surface area contributed by atoms with Crippen molar-refractivity contribution in [1.29, 1.82) is 0 Å². The minimum absolute atomic E-state index is 0.0130. The third kappa shape index (κ3) is 6.72. The number of nitrogens with one attached hydrogen (secondary N) is 3. The number of rotatable bonds is 7. The van der Waals surface area contributed by atoms with Gasteiger partial charge in [-0.25, -0.2) is 17.5 Å². The van der Waals surface area contributed by atoms with Gasteiger partial charge >= 0.3 is 0 Å². The maximum atomic E-state index is 13.7. The van der Waals surface area contributed by atoms with Gasteiger partial charge in [-0.05, 0) is 42.0 Å². The molecule has 3 rings (SSSR count). The highest BCUT2D eigenvalue weighted by molar-refractivity contribution is 7.89. The Morgan fingerprint density at radius 2 is 1.67 bits per heavy atom. The van der Waals surface area contributed by atoms with E-state index in [-0.39, 0.29) is 27.6 Å². The molecule has 0 radical (unpaired) electrons. The van der Waals surface area contributed by atoms with Gasteiger partial charge in [-0.15, -0.1) is 0 Å². The molecule has 3 N–H and O–H groups in total. The molecule has 0 aliphatic rings. The molecule has 0 unspecified atom stereocenters. The van der Waals surface area contributed by atoms with Gasteiger partial charge in [0.15, 0.2) is 0 Å². The van der Waals surface area contributed by atoms with Crippen LogP contribution in [0.15, 0.2) is 83.8 Å². The average Bonchev–Trinajstić information content (AvgIpc) is 2.82. The van der Waals surface area contributed by atoms with Crippen LogP contribution in [0.3, 0.4) is 0 Å². The van der Waals surface area contributed by atoms with Crippen LogP contribution in [0.2, 0.25) is 5.02 Å². The molecule has 170 valence electrons. The molecule has 10 heteroatoms. The summed E-state index contributed by atoms with van der Waals surface area (Å²) < 4.78 is 41.3. The minimum atomic E-state index is -3.87. The van der Waals surface area contributed by atoms with E-state index < -0.39 is 27.7 Å². The summed E-state index contributed by atoms with van der Waals surface area (Å²) in [6, 6.07) is 18.4. The Bertz CT molecular complexity index is 1280. The van der Waals surface area contributed by atoms with Gasteiger partial charge in [0.05, 0.1) is 9.92 Å². The molecule has 2 amide bonds. The van der Waals surface area contributed by atoms with Gasteiger partial charge in [0, 0.05) is 23.7 Å². The summed E-state index contributed by atoms with van der Waals surface area (Å²) in [6.45, 7) is 0.0913. The Labute approximate surface area is 195 Å². The standard InChI is InChI=1S/C23H19ClFN3O4S/c24-20-10-5-11-21(25)19(20)12-13-22(29)27-28-23(30)17-8-4-9-18(14-17)33(31,32)26-15-16-6-2-1-3-7-16/h1-14,26H,15H2,(H,27,29)(H,28,30)/b13-12+. The van der Waals surface area contributed by atoms with Crippen molar-refractivity contribution in [3.05, 3.63) is 106 Å². The molecular weight excluding hydrogens is 469 g/mol. The lowest BCUT2D eigenvalue weighted by Gasteiger charge is -2.09. The maximum Gasteiger partial charge on any atom is 0.269 e. The van der Waals surface area contributed by atoms with Gasteiger partial charge in [-0.1, -0.05) is 54.1 Å². The molecule has 0 fully saturated rings. The predicted octanol–water partition coefficient (Wildman–Crippen LogP) is 3.43. The van der Waals surface area contributed by atoms with Crippen molar-refractivity contribution in [2.75, 3.05) is 0 Å². The van der Waals surface area contributed by atoms with Gasteiger partial charge in [-0.2, -0.15) is 0 Å². The van der Waals surface area contributed by atoms with Gasteiger partial charge in [0.25, 0.3) is 11.8 Å². The fraction of sp³-hybridized carbons (Fsp3) is 0.0435. The SMILES string of the molecule is O=C(/C=C/c1c(F)cccc1Cl)NNC(=O)c1cccc(S(=O)(=O)NCc2ccccc2)c1. The summed E-state index contributed by atoms with van der Waals surface area (Å²) >= 11 is 5.88. The summed E-state index contributed by atoms with van der Waals surface area (Å²) in [7, 11) is -3.87. The zero-order valence-electron chi connectivity index (χ0n) is 17.1. The largest absolute Gasteiger partial charge is 0.269 e. The highest BCUT2D eigenvalue weighted by Gasteiger charge is 2.16. The average molecular weight is 488 g/mol. The molecule has 0 heterocycles. The maximum absolute atomic E-state index is 13.7. The Morgan fingerprint density at radius 3 is 2.39 bits per heavy atom. The summed E-state index contributed by atoms with van der Waals surface area (Å²) in [5.74, 6) is -2.08. The lowest BCUT2D eigenvalue weighted by Crippen LogP contribution is -2.40. The second-order valence-electron chi connectivity index (χ2n) is 6.75. The molecular formula is C23H19ClFN3O4S. The molecule has 0 saturated heterocycles. The third-order valence-corrected chi connectivity index (χ3v) is 6.14. The molecule has 0 bridgehead atoms. The second kappa shape index (κ2) is 10.9. The number of carbonyl (C=O) groups is 2. The quantitative estimate of drug-likeness (QED) is 0.351. The summed E-state index contributed by atoms with van der Waals surface area (Å²) in [6.07, 6.45) is 2.17. The van der Waals surface area contributed by atoms with E-state index in [1.807, 2.05) is 6.07 Å². The number of sulfonamides is 1. The van der Waals surface area contributed by atoms with E-state index in [2.05, 4.69) is 15.6 Å². The zero-order chi connectivity index (χ0) is 23.8. The number of benzene rings is 3. The molecule has 3 aromatic carbocycles. The molecule has 7 nitrogen and oxygen atoms in total. The smallest absolute Gasteiger partial charge is 0.268 e. The monoisotopic (exact) mass is 487 g/mol. The van der Waals surface area contributed by atoms with Crippen LogP contribution in [0, 0.1) is 5.82 Å². The molecule has 3 aromatic rings. The lowest BCUT2D eigenvalue weighted by molar-refractivity contribution is -0.117. The molecule has 33 heavy (non-hydrogen) atoms. The van der Waals surface area contributed by atoms with Crippen LogP contribution in [0.1, 0.15) is 21.5 Å². The van der Waals surface area contributed by atoms with Crippen molar-refractivity contribution in [3.63, 3.8) is 0 Å². The van der Waals surface area contributed by atoms with Gasteiger partial charge in [0.2, 0.25) is 10.0 Å². The van der Waals surface area contributed by atoms with E-state index in [0.29, 0.717) is 0 Å². The normalized spacial score (nSPS) is 11.3. The number of amides is 2. The van der Waals surface area contributed by atoms with Crippen LogP contribution in [0.4, 0.5) is 4.39 Å². The molecule has 0 aliphatic carbocycles. The summed E-state index contributed by atoms with van der Waals surface area (Å²) in [5.41, 5.74) is 5.13. The lowest BCUT2D eigenvalue weighted by atomic mass is 10.2. The Kier molecular flexibility index (Phi) is 7.94. The van der Waals surface area contributed by atoms with E-state index in [4.69, 9.17) is 11.6 Å². The first-order valence-corrected chi connectivity index (χ1v) is 11.5. The Hall–Kier alpha value is -3.53. The minimum Gasteiger partial charge on any atom is -0.268 e. The third-order valence-electron chi connectivity index (χ3n) is 4.42. The molecule has 0 spiro atoms. The highest BCUT2D eigenvalue weighted by atomic mass is 35.5. The topological polar surface area (TPSA) is 104 Å². The molecule has 0 atom stereocenters. The van der Waals surface area contributed by atoms with Crippen LogP contribution < -0.4 is 15.6 Å². The van der Waals surface area contributed by atoms with Crippen LogP contribution in [-0.2, 0) is 21.4 Å². The van der Waals surface area contributed by atoms with E-state index in [1.54, 1.807) is 24.3 Å². The Morgan fingerprint density at radius 1 is 0.939 bits per heavy atom. The Balaban J connectivity index is 1.61. The first kappa shape index (κ1) is 24.1. The van der Waals surface area contributed by atoms with Crippen molar-refractivity contribution < 1.29 is 22.4 Å². The van der Waals surface area contributed by atoms with E-state index in [1.165, 1.54) is 48.5 Å². The fourth-order valence-corrected chi connectivity index (χ4v) is 4.01. The van der Waals surface area contributed by atoms with Crippen molar-refractivity contribution in [2.45, 2.75) is 11.4 Å². The number of hydrogen-bond donors (Lipinski definition) is 3. The van der Waals surface area contributed by atoms with Crippen molar-refractivity contribution >= 4 is 39.5 Å².